The lowest BCUT2D eigenvalue weighted by molar-refractivity contribution is -0.137. The van der Waals surface area contributed by atoms with Gasteiger partial charge in [0.1, 0.15) is 0 Å². The van der Waals surface area contributed by atoms with Gasteiger partial charge in [-0.2, -0.15) is 13.2 Å². The molecule has 1 atom stereocenters. The standard InChI is InChI=1S/C20H26F3N3O2/c1-24-18(27)17(14-4-2-3-5-14)25-10-12-26(13-11-25)19(28)15-6-8-16(9-7-15)20(21,22)23/h6-9,14,17H,2-5,10-13H2,1H3,(H,24,27). The van der Waals surface area contributed by atoms with Crippen LogP contribution in [0.4, 0.5) is 13.2 Å². The number of nitrogens with zero attached hydrogens (tertiary/aromatic N) is 2. The smallest absolute Gasteiger partial charge is 0.358 e. The van der Waals surface area contributed by atoms with E-state index in [0.29, 0.717) is 32.1 Å². The molecule has 2 amide bonds. The van der Waals surface area contributed by atoms with Crippen molar-refractivity contribution >= 4 is 11.8 Å². The number of piperazine rings is 1. The monoisotopic (exact) mass is 397 g/mol. The first-order chi connectivity index (χ1) is 13.3. The third-order valence-corrected chi connectivity index (χ3v) is 5.82. The first-order valence-electron chi connectivity index (χ1n) is 9.73. The van der Waals surface area contributed by atoms with Gasteiger partial charge in [-0.05, 0) is 43.0 Å². The molecule has 1 saturated carbocycles. The van der Waals surface area contributed by atoms with Crippen LogP contribution in [0.25, 0.3) is 0 Å². The van der Waals surface area contributed by atoms with Gasteiger partial charge in [0.05, 0.1) is 11.6 Å². The lowest BCUT2D eigenvalue weighted by atomic mass is 9.95. The van der Waals surface area contributed by atoms with Gasteiger partial charge >= 0.3 is 6.18 Å². The summed E-state index contributed by atoms with van der Waals surface area (Å²) in [6.45, 7) is 2.09. The fraction of sp³-hybridized carbons (Fsp3) is 0.600. The Morgan fingerprint density at radius 2 is 1.61 bits per heavy atom. The molecule has 0 aromatic heterocycles. The summed E-state index contributed by atoms with van der Waals surface area (Å²) in [4.78, 5) is 28.8. The minimum absolute atomic E-state index is 0.0226. The number of rotatable bonds is 4. The van der Waals surface area contributed by atoms with Crippen molar-refractivity contribution in [3.63, 3.8) is 0 Å². The zero-order valence-corrected chi connectivity index (χ0v) is 16.0. The molecule has 28 heavy (non-hydrogen) atoms. The molecule has 1 aliphatic carbocycles. The number of likely N-dealkylation sites (N-methyl/N-ethyl adjacent to an activating group) is 1. The molecule has 8 heteroatoms. The summed E-state index contributed by atoms with van der Waals surface area (Å²) < 4.78 is 38.0. The van der Waals surface area contributed by atoms with Crippen LogP contribution < -0.4 is 5.32 Å². The predicted molar refractivity (Wildman–Crippen MR) is 98.7 cm³/mol. The van der Waals surface area contributed by atoms with E-state index in [1.165, 1.54) is 12.1 Å². The number of carbonyl (C=O) groups is 2. The molecule has 1 N–H and O–H groups in total. The number of nitrogens with one attached hydrogen (secondary N) is 1. The molecule has 1 aromatic carbocycles. The maximum atomic E-state index is 12.7. The minimum atomic E-state index is -4.41. The molecular weight excluding hydrogens is 371 g/mol. The normalized spacial score (nSPS) is 20.2. The molecular formula is C20H26F3N3O2. The quantitative estimate of drug-likeness (QED) is 0.850. The van der Waals surface area contributed by atoms with E-state index in [2.05, 4.69) is 10.2 Å². The molecule has 154 valence electrons. The van der Waals surface area contributed by atoms with Crippen LogP contribution in [0, 0.1) is 5.92 Å². The van der Waals surface area contributed by atoms with Gasteiger partial charge in [0.15, 0.2) is 0 Å². The summed E-state index contributed by atoms with van der Waals surface area (Å²) in [7, 11) is 1.65. The highest BCUT2D eigenvalue weighted by Crippen LogP contribution is 2.31. The van der Waals surface area contributed by atoms with Gasteiger partial charge in [-0.25, -0.2) is 0 Å². The Balaban J connectivity index is 1.62. The molecule has 0 radical (unpaired) electrons. The van der Waals surface area contributed by atoms with Crippen molar-refractivity contribution in [2.45, 2.75) is 37.9 Å². The van der Waals surface area contributed by atoms with Gasteiger partial charge in [-0.15, -0.1) is 0 Å². The molecule has 1 heterocycles. The Morgan fingerprint density at radius 1 is 1.04 bits per heavy atom. The highest BCUT2D eigenvalue weighted by Gasteiger charge is 2.37. The molecule has 2 aliphatic rings. The SMILES string of the molecule is CNC(=O)C(C1CCCC1)N1CCN(C(=O)c2ccc(C(F)(F)F)cc2)CC1. The van der Waals surface area contributed by atoms with E-state index in [4.69, 9.17) is 0 Å². The van der Waals surface area contributed by atoms with Crippen LogP contribution in [0.2, 0.25) is 0 Å². The van der Waals surface area contributed by atoms with Crippen molar-refractivity contribution in [2.24, 2.45) is 5.92 Å². The number of hydrogen-bond donors (Lipinski definition) is 1. The number of alkyl halides is 3. The molecule has 1 aromatic rings. The van der Waals surface area contributed by atoms with Gasteiger partial charge < -0.3 is 10.2 Å². The fourth-order valence-corrected chi connectivity index (χ4v) is 4.29. The molecule has 1 aliphatic heterocycles. The Labute approximate surface area is 162 Å². The van der Waals surface area contributed by atoms with Crippen LogP contribution in [0.1, 0.15) is 41.6 Å². The summed E-state index contributed by atoms with van der Waals surface area (Å²) in [6, 6.07) is 4.15. The van der Waals surface area contributed by atoms with E-state index in [-0.39, 0.29) is 23.4 Å². The van der Waals surface area contributed by atoms with Crippen molar-refractivity contribution in [1.82, 2.24) is 15.1 Å². The average molecular weight is 397 g/mol. The van der Waals surface area contributed by atoms with Crippen LogP contribution in [-0.4, -0.2) is 60.9 Å². The highest BCUT2D eigenvalue weighted by atomic mass is 19.4. The van der Waals surface area contributed by atoms with E-state index in [1.54, 1.807) is 11.9 Å². The largest absolute Gasteiger partial charge is 0.416 e. The summed E-state index contributed by atoms with van der Waals surface area (Å²) in [5.74, 6) is 0.0947. The maximum Gasteiger partial charge on any atom is 0.416 e. The van der Waals surface area contributed by atoms with Crippen LogP contribution in [0.5, 0.6) is 0 Å². The topological polar surface area (TPSA) is 52.7 Å². The highest BCUT2D eigenvalue weighted by molar-refractivity contribution is 5.94. The fourth-order valence-electron chi connectivity index (χ4n) is 4.29. The first-order valence-corrected chi connectivity index (χ1v) is 9.73. The van der Waals surface area contributed by atoms with Gasteiger partial charge in [0.25, 0.3) is 5.91 Å². The molecule has 5 nitrogen and oxygen atoms in total. The van der Waals surface area contributed by atoms with Crippen molar-refractivity contribution in [3.8, 4) is 0 Å². The van der Waals surface area contributed by atoms with E-state index < -0.39 is 11.7 Å². The van der Waals surface area contributed by atoms with Crippen LogP contribution in [0.3, 0.4) is 0 Å². The Kier molecular flexibility index (Phi) is 6.27. The van der Waals surface area contributed by atoms with E-state index in [0.717, 1.165) is 37.8 Å². The lowest BCUT2D eigenvalue weighted by Gasteiger charge is -2.40. The third kappa shape index (κ3) is 4.48. The number of hydrogen-bond acceptors (Lipinski definition) is 3. The number of halogens is 3. The van der Waals surface area contributed by atoms with Crippen molar-refractivity contribution < 1.29 is 22.8 Å². The van der Waals surface area contributed by atoms with Crippen LogP contribution >= 0.6 is 0 Å². The Morgan fingerprint density at radius 3 is 2.11 bits per heavy atom. The van der Waals surface area contributed by atoms with Crippen LogP contribution in [-0.2, 0) is 11.0 Å². The molecule has 1 saturated heterocycles. The molecule has 3 rings (SSSR count). The second-order valence-corrected chi connectivity index (χ2v) is 7.51. The van der Waals surface area contributed by atoms with Gasteiger partial charge in [-0.3, -0.25) is 14.5 Å². The Bertz CT molecular complexity index is 692. The summed E-state index contributed by atoms with van der Waals surface area (Å²) in [5.41, 5.74) is -0.515. The zero-order valence-electron chi connectivity index (χ0n) is 16.0. The predicted octanol–water partition coefficient (Wildman–Crippen LogP) is 2.77. The minimum Gasteiger partial charge on any atom is -0.358 e. The summed E-state index contributed by atoms with van der Waals surface area (Å²) in [6.07, 6.45) is -0.0387. The van der Waals surface area contributed by atoms with Gasteiger partial charge in [0, 0.05) is 38.8 Å². The van der Waals surface area contributed by atoms with Crippen molar-refractivity contribution in [3.05, 3.63) is 35.4 Å². The van der Waals surface area contributed by atoms with E-state index >= 15 is 0 Å². The van der Waals surface area contributed by atoms with Crippen molar-refractivity contribution in [2.75, 3.05) is 33.2 Å². The van der Waals surface area contributed by atoms with E-state index in [1.807, 2.05) is 0 Å². The second kappa shape index (κ2) is 8.51. The zero-order chi connectivity index (χ0) is 20.3. The molecule has 0 spiro atoms. The number of benzene rings is 1. The average Bonchev–Trinajstić information content (AvgIpc) is 3.21. The third-order valence-electron chi connectivity index (χ3n) is 5.82. The van der Waals surface area contributed by atoms with Gasteiger partial charge in [-0.1, -0.05) is 12.8 Å². The number of carbonyl (C=O) groups excluding carboxylic acids is 2. The molecule has 1 unspecified atom stereocenters. The van der Waals surface area contributed by atoms with Crippen molar-refractivity contribution in [1.29, 1.82) is 0 Å². The lowest BCUT2D eigenvalue weighted by Crippen LogP contribution is -2.57. The summed E-state index contributed by atoms with van der Waals surface area (Å²) in [5, 5.41) is 2.76. The van der Waals surface area contributed by atoms with Gasteiger partial charge in [0.2, 0.25) is 5.91 Å². The molecule has 2 fully saturated rings. The van der Waals surface area contributed by atoms with Crippen LogP contribution in [0.15, 0.2) is 24.3 Å². The second-order valence-electron chi connectivity index (χ2n) is 7.51. The Hall–Kier alpha value is -2.09. The first kappa shape index (κ1) is 20.6. The maximum absolute atomic E-state index is 12.7. The van der Waals surface area contributed by atoms with E-state index in [9.17, 15) is 22.8 Å². The molecule has 0 bridgehead atoms. The number of amides is 2. The summed E-state index contributed by atoms with van der Waals surface area (Å²) >= 11 is 0.